The summed E-state index contributed by atoms with van der Waals surface area (Å²) in [5.74, 6) is -1.35. The van der Waals surface area contributed by atoms with E-state index in [-0.39, 0.29) is 37.1 Å². The van der Waals surface area contributed by atoms with Crippen LogP contribution in [0.4, 0.5) is 34.3 Å². The summed E-state index contributed by atoms with van der Waals surface area (Å²) in [6.07, 6.45) is 1.43. The number of nitrogens with zero attached hydrogens (tertiary/aromatic N) is 1. The fourth-order valence-electron chi connectivity index (χ4n) is 4.55. The van der Waals surface area contributed by atoms with Crippen molar-refractivity contribution in [3.05, 3.63) is 71.2 Å². The minimum absolute atomic E-state index is 0.0126. The molecule has 4 N–H and O–H groups in total. The van der Waals surface area contributed by atoms with Gasteiger partial charge in [0.05, 0.1) is 17.8 Å². The number of carbonyl (C=O) groups is 2. The molecule has 12 heteroatoms. The zero-order valence-electron chi connectivity index (χ0n) is 18.4. The number of halogens is 3. The number of urea groups is 2. The van der Waals surface area contributed by atoms with E-state index in [9.17, 15) is 22.8 Å². The molecule has 3 unspecified atom stereocenters. The zero-order valence-corrected chi connectivity index (χ0v) is 18.4. The topological polar surface area (TPSA) is 114 Å². The maximum absolute atomic E-state index is 13.8. The van der Waals surface area contributed by atoms with Crippen LogP contribution in [0.2, 0.25) is 0 Å². The first-order chi connectivity index (χ1) is 17.4. The standard InChI is InChI=1S/C24H18F3N5O4/c25-14-6-16(27)17(7-15(14)26)31-23(33)30-9-13-20-11-5-10(1-2-18(11)36-21(13)20)35-19-3-4-28-22-12(19)8-29-24(34)32-22/h1-7,13,20-21H,8-9H2,(H2,30,31,33)(H2,28,29,32,34). The van der Waals surface area contributed by atoms with E-state index in [1.54, 1.807) is 18.3 Å². The van der Waals surface area contributed by atoms with E-state index in [1.165, 1.54) is 0 Å². The zero-order chi connectivity index (χ0) is 25.0. The van der Waals surface area contributed by atoms with Gasteiger partial charge in [-0.15, -0.1) is 0 Å². The molecule has 4 amide bonds. The summed E-state index contributed by atoms with van der Waals surface area (Å²) in [6.45, 7) is 0.521. The molecule has 0 radical (unpaired) electrons. The first-order valence-corrected chi connectivity index (χ1v) is 11.1. The molecule has 3 heterocycles. The first-order valence-electron chi connectivity index (χ1n) is 11.1. The molecule has 184 valence electrons. The maximum Gasteiger partial charge on any atom is 0.320 e. The molecule has 1 saturated carbocycles. The Kier molecular flexibility index (Phi) is 5.09. The Morgan fingerprint density at radius 3 is 2.83 bits per heavy atom. The largest absolute Gasteiger partial charge is 0.489 e. The van der Waals surface area contributed by atoms with Gasteiger partial charge in [-0.05, 0) is 24.3 Å². The average Bonchev–Trinajstić information content (AvgIpc) is 3.40. The number of amides is 4. The third-order valence-electron chi connectivity index (χ3n) is 6.35. The van der Waals surface area contributed by atoms with Gasteiger partial charge in [0.25, 0.3) is 0 Å². The molecule has 9 nitrogen and oxygen atoms in total. The lowest BCUT2D eigenvalue weighted by Crippen LogP contribution is -2.34. The Balaban J connectivity index is 1.10. The minimum atomic E-state index is -1.34. The summed E-state index contributed by atoms with van der Waals surface area (Å²) in [5.41, 5.74) is 1.20. The molecule has 0 bridgehead atoms. The van der Waals surface area contributed by atoms with Crippen LogP contribution in [-0.4, -0.2) is 29.7 Å². The molecule has 0 saturated heterocycles. The second-order valence-electron chi connectivity index (χ2n) is 8.60. The maximum atomic E-state index is 13.8. The second kappa shape index (κ2) is 8.33. The summed E-state index contributed by atoms with van der Waals surface area (Å²) in [4.78, 5) is 27.8. The van der Waals surface area contributed by atoms with Crippen molar-refractivity contribution in [3.63, 3.8) is 0 Å². The van der Waals surface area contributed by atoms with E-state index >= 15 is 0 Å². The van der Waals surface area contributed by atoms with Gasteiger partial charge in [-0.1, -0.05) is 0 Å². The number of fused-ring (bicyclic) bond motifs is 4. The number of anilines is 2. The van der Waals surface area contributed by atoms with Gasteiger partial charge in [-0.2, -0.15) is 0 Å². The average molecular weight is 497 g/mol. The number of benzene rings is 2. The predicted octanol–water partition coefficient (Wildman–Crippen LogP) is 4.22. The quantitative estimate of drug-likeness (QED) is 0.394. The van der Waals surface area contributed by atoms with E-state index in [2.05, 4.69) is 26.3 Å². The van der Waals surface area contributed by atoms with Crippen molar-refractivity contribution in [2.75, 3.05) is 17.2 Å². The molecule has 0 spiro atoms. The van der Waals surface area contributed by atoms with Gasteiger partial charge in [0.2, 0.25) is 0 Å². The number of aromatic nitrogens is 1. The molecule has 3 atom stereocenters. The van der Waals surface area contributed by atoms with Gasteiger partial charge < -0.3 is 25.4 Å². The van der Waals surface area contributed by atoms with Crippen molar-refractivity contribution in [1.82, 2.24) is 15.6 Å². The monoisotopic (exact) mass is 497 g/mol. The molecule has 36 heavy (non-hydrogen) atoms. The molecule has 1 aliphatic carbocycles. The smallest absolute Gasteiger partial charge is 0.320 e. The number of carbonyl (C=O) groups excluding carboxylic acids is 2. The van der Waals surface area contributed by atoms with Crippen molar-refractivity contribution in [2.45, 2.75) is 18.6 Å². The van der Waals surface area contributed by atoms with Crippen LogP contribution < -0.4 is 30.7 Å². The van der Waals surface area contributed by atoms with Crippen LogP contribution in [0.3, 0.4) is 0 Å². The Morgan fingerprint density at radius 1 is 1.14 bits per heavy atom. The number of pyridine rings is 1. The van der Waals surface area contributed by atoms with Crippen molar-refractivity contribution in [1.29, 1.82) is 0 Å². The lowest BCUT2D eigenvalue weighted by Gasteiger charge is -2.20. The third-order valence-corrected chi connectivity index (χ3v) is 6.35. The van der Waals surface area contributed by atoms with Crippen LogP contribution in [-0.2, 0) is 6.54 Å². The van der Waals surface area contributed by atoms with E-state index in [0.717, 1.165) is 16.9 Å². The molecule has 6 rings (SSSR count). The summed E-state index contributed by atoms with van der Waals surface area (Å²) in [7, 11) is 0. The predicted molar refractivity (Wildman–Crippen MR) is 121 cm³/mol. The highest BCUT2D eigenvalue weighted by Crippen LogP contribution is 2.58. The van der Waals surface area contributed by atoms with E-state index in [0.29, 0.717) is 29.4 Å². The molecular weight excluding hydrogens is 479 g/mol. The summed E-state index contributed by atoms with van der Waals surface area (Å²) >= 11 is 0. The van der Waals surface area contributed by atoms with Crippen molar-refractivity contribution >= 4 is 23.6 Å². The summed E-state index contributed by atoms with van der Waals surface area (Å²) in [5, 5.41) is 10.1. The number of ether oxygens (including phenoxy) is 2. The van der Waals surface area contributed by atoms with Crippen molar-refractivity contribution in [3.8, 4) is 17.2 Å². The van der Waals surface area contributed by atoms with E-state index in [1.807, 2.05) is 12.1 Å². The van der Waals surface area contributed by atoms with Crippen molar-refractivity contribution in [2.24, 2.45) is 5.92 Å². The van der Waals surface area contributed by atoms with Crippen LogP contribution in [0, 0.1) is 23.4 Å². The van der Waals surface area contributed by atoms with Gasteiger partial charge in [0.15, 0.2) is 11.6 Å². The highest BCUT2D eigenvalue weighted by molar-refractivity contribution is 5.91. The highest BCUT2D eigenvalue weighted by Gasteiger charge is 2.58. The van der Waals surface area contributed by atoms with Gasteiger partial charge in [0, 0.05) is 42.3 Å². The third kappa shape index (κ3) is 3.89. The Labute approximate surface area is 202 Å². The minimum Gasteiger partial charge on any atom is -0.489 e. The van der Waals surface area contributed by atoms with Crippen LogP contribution in [0.1, 0.15) is 17.0 Å². The normalized spacial score (nSPS) is 20.6. The Morgan fingerprint density at radius 2 is 1.97 bits per heavy atom. The summed E-state index contributed by atoms with van der Waals surface area (Å²) in [6, 6.07) is 7.06. The lowest BCUT2D eigenvalue weighted by atomic mass is 10.1. The van der Waals surface area contributed by atoms with E-state index < -0.39 is 29.2 Å². The second-order valence-corrected chi connectivity index (χ2v) is 8.60. The van der Waals surface area contributed by atoms with E-state index in [4.69, 9.17) is 9.47 Å². The summed E-state index contributed by atoms with van der Waals surface area (Å²) < 4.78 is 52.2. The molecule has 2 aromatic carbocycles. The molecular formula is C24H18F3N5O4. The number of nitrogens with one attached hydrogen (secondary N) is 4. The molecule has 3 aromatic rings. The SMILES string of the molecule is O=C(NCC1C2Oc3ccc(Oc4ccnc5c4CNC(=O)N5)cc3C12)Nc1cc(F)c(F)cc1F. The Hall–Kier alpha value is -4.48. The highest BCUT2D eigenvalue weighted by atomic mass is 19.2. The van der Waals surface area contributed by atoms with Gasteiger partial charge in [-0.25, -0.2) is 27.7 Å². The number of rotatable bonds is 5. The number of hydrogen-bond acceptors (Lipinski definition) is 5. The first kappa shape index (κ1) is 22.0. The van der Waals surface area contributed by atoms with Crippen LogP contribution in [0.15, 0.2) is 42.6 Å². The van der Waals surface area contributed by atoms with Crippen LogP contribution in [0.5, 0.6) is 17.2 Å². The Bertz CT molecular complexity index is 1420. The lowest BCUT2D eigenvalue weighted by molar-refractivity contribution is 0.248. The number of hydrogen-bond donors (Lipinski definition) is 4. The molecule has 3 aliphatic rings. The van der Waals surface area contributed by atoms with Crippen LogP contribution in [0.25, 0.3) is 0 Å². The molecule has 1 aromatic heterocycles. The molecule has 1 fully saturated rings. The van der Waals surface area contributed by atoms with Crippen LogP contribution >= 0.6 is 0 Å². The molecule has 2 aliphatic heterocycles. The van der Waals surface area contributed by atoms with Crippen molar-refractivity contribution < 1.29 is 32.2 Å². The van der Waals surface area contributed by atoms with Gasteiger partial charge in [0.1, 0.15) is 35.0 Å². The van der Waals surface area contributed by atoms with Gasteiger partial charge >= 0.3 is 12.1 Å². The fraction of sp³-hybridized carbons (Fsp3) is 0.208. The van der Waals surface area contributed by atoms with Gasteiger partial charge in [-0.3, -0.25) is 5.32 Å². The fourth-order valence-corrected chi connectivity index (χ4v) is 4.55.